The maximum atomic E-state index is 13.5. The number of hydrogen-bond donors (Lipinski definition) is 0. The van der Waals surface area contributed by atoms with Gasteiger partial charge < -0.3 is 0 Å². The molecule has 0 radical (unpaired) electrons. The van der Waals surface area contributed by atoms with E-state index in [-0.39, 0.29) is 11.0 Å². The lowest BCUT2D eigenvalue weighted by Crippen LogP contribution is -2.18. The summed E-state index contributed by atoms with van der Waals surface area (Å²) in [7, 11) is -2.73. The second-order valence-electron chi connectivity index (χ2n) is 7.42. The van der Waals surface area contributed by atoms with Gasteiger partial charge in [-0.25, -0.2) is 9.59 Å². The van der Waals surface area contributed by atoms with Gasteiger partial charge >= 0.3 is 11.0 Å². The van der Waals surface area contributed by atoms with Gasteiger partial charge in [0.25, 0.3) is 0 Å². The van der Waals surface area contributed by atoms with Gasteiger partial charge in [-0.05, 0) is 63.8 Å². The molecule has 2 rings (SSSR count). The number of carbonyl (C=O) groups excluding carboxylic acids is 2. The fraction of sp³-hybridized carbons (Fsp3) is 0.304. The Bertz CT molecular complexity index is 806. The quantitative estimate of drug-likeness (QED) is 0.580. The Balaban J connectivity index is 2.64. The molecule has 2 nitrogen and oxygen atoms in total. The number of hydrogen-bond acceptors (Lipinski definition) is 2. The van der Waals surface area contributed by atoms with E-state index >= 15 is 0 Å². The molecule has 0 heterocycles. The van der Waals surface area contributed by atoms with Crippen molar-refractivity contribution in [2.75, 3.05) is 6.66 Å². The Morgan fingerprint density at radius 3 is 1.23 bits per heavy atom. The molecular weight excluding hydrogens is 339 g/mol. The lowest BCUT2D eigenvalue weighted by atomic mass is 10.0. The predicted octanol–water partition coefficient (Wildman–Crippen LogP) is 6.31. The summed E-state index contributed by atoms with van der Waals surface area (Å²) in [4.78, 5) is 27.0. The highest BCUT2D eigenvalue weighted by Crippen LogP contribution is 2.62. The van der Waals surface area contributed by atoms with Gasteiger partial charge in [0.05, 0.1) is 23.6 Å². The van der Waals surface area contributed by atoms with E-state index in [1.54, 1.807) is 12.5 Å². The Hall–Kier alpha value is -2.05. The van der Waals surface area contributed by atoms with Crippen LogP contribution >= 0.6 is 7.26 Å². The Kier molecular flexibility index (Phi) is 5.68. The fourth-order valence-corrected chi connectivity index (χ4v) is 5.91. The molecule has 0 amide bonds. The average Bonchev–Trinajstić information content (AvgIpc) is 2.51. The number of carbonyl (C=O) groups is 2. The largest absolute Gasteiger partial charge is 0.311 e. The van der Waals surface area contributed by atoms with Crippen LogP contribution < -0.4 is 0 Å². The fourth-order valence-electron chi connectivity index (χ4n) is 3.76. The minimum Gasteiger partial charge on any atom is -0.246 e. The molecule has 0 spiro atoms. The average molecular weight is 367 g/mol. The summed E-state index contributed by atoms with van der Waals surface area (Å²) in [5.74, 6) is 1.61. The van der Waals surface area contributed by atoms with Gasteiger partial charge in [-0.15, -0.1) is 0 Å². The van der Waals surface area contributed by atoms with E-state index in [2.05, 4.69) is 6.58 Å². The number of aryl methyl sites for hydroxylation is 6. The lowest BCUT2D eigenvalue weighted by Gasteiger charge is -2.19. The van der Waals surface area contributed by atoms with Crippen molar-refractivity contribution in [3.63, 3.8) is 0 Å². The normalized spacial score (nSPS) is 11.3. The van der Waals surface area contributed by atoms with E-state index in [1.165, 1.54) is 0 Å². The standard InChI is InChI=1S/C23H28O2P/c1-9-26(8,22(24)20-16(4)10-14(2)11-17(20)5)23(25)21-18(6)12-15(3)13-19(21)7/h9-13H,1H2,2-8H3/q+1. The lowest BCUT2D eigenvalue weighted by molar-refractivity contribution is 0.104. The van der Waals surface area contributed by atoms with Crippen LogP contribution in [0.2, 0.25) is 0 Å². The Morgan fingerprint density at radius 2 is 1.00 bits per heavy atom. The predicted molar refractivity (Wildman–Crippen MR) is 113 cm³/mol. The second kappa shape index (κ2) is 7.29. The third-order valence-corrected chi connectivity index (χ3v) is 7.86. The molecule has 0 saturated heterocycles. The zero-order chi connectivity index (χ0) is 19.8. The van der Waals surface area contributed by atoms with Gasteiger partial charge in [0.1, 0.15) is 0 Å². The molecule has 0 N–H and O–H groups in total. The minimum atomic E-state index is -2.73. The van der Waals surface area contributed by atoms with Crippen LogP contribution in [0.15, 0.2) is 36.7 Å². The minimum absolute atomic E-state index is 0.0770. The molecular formula is C23H28O2P+. The van der Waals surface area contributed by atoms with Crippen LogP contribution in [0.1, 0.15) is 54.1 Å². The van der Waals surface area contributed by atoms with Gasteiger partial charge in [0.15, 0.2) is 7.26 Å². The molecule has 0 aliphatic heterocycles. The SMILES string of the molecule is C=C[P+](C)(C(=O)c1c(C)cc(C)cc1C)C(=O)c1c(C)cc(C)cc1C. The summed E-state index contributed by atoms with van der Waals surface area (Å²) in [6.45, 7) is 17.5. The molecule has 0 fully saturated rings. The molecule has 0 aliphatic carbocycles. The van der Waals surface area contributed by atoms with Crippen molar-refractivity contribution in [3.05, 3.63) is 81.2 Å². The molecule has 0 aromatic heterocycles. The van der Waals surface area contributed by atoms with E-state index < -0.39 is 7.26 Å². The Labute approximate surface area is 157 Å². The van der Waals surface area contributed by atoms with Crippen LogP contribution in [0.4, 0.5) is 0 Å². The number of rotatable bonds is 5. The monoisotopic (exact) mass is 367 g/mol. The van der Waals surface area contributed by atoms with Crippen LogP contribution in [0.3, 0.4) is 0 Å². The summed E-state index contributed by atoms with van der Waals surface area (Å²) in [5.41, 5.74) is 7.11. The molecule has 0 atom stereocenters. The highest BCUT2D eigenvalue weighted by Gasteiger charge is 2.50. The zero-order valence-electron chi connectivity index (χ0n) is 16.9. The molecule has 0 bridgehead atoms. The third kappa shape index (κ3) is 3.44. The molecule has 0 unspecified atom stereocenters. The van der Waals surface area contributed by atoms with E-state index in [9.17, 15) is 9.59 Å². The molecule has 3 heteroatoms. The Morgan fingerprint density at radius 1 is 0.731 bits per heavy atom. The third-order valence-electron chi connectivity index (χ3n) is 4.99. The summed E-state index contributed by atoms with van der Waals surface area (Å²) in [6.07, 6.45) is 0. The van der Waals surface area contributed by atoms with Crippen molar-refractivity contribution in [1.29, 1.82) is 0 Å². The van der Waals surface area contributed by atoms with Crippen molar-refractivity contribution in [3.8, 4) is 0 Å². The molecule has 26 heavy (non-hydrogen) atoms. The summed E-state index contributed by atoms with van der Waals surface area (Å²) in [5, 5.41) is 0. The van der Waals surface area contributed by atoms with Crippen LogP contribution in [0, 0.1) is 41.5 Å². The van der Waals surface area contributed by atoms with Gasteiger partial charge in [-0.3, -0.25) is 0 Å². The smallest absolute Gasteiger partial charge is 0.246 e. The zero-order valence-corrected chi connectivity index (χ0v) is 17.8. The maximum absolute atomic E-state index is 13.5. The summed E-state index contributed by atoms with van der Waals surface area (Å²) < 4.78 is 0. The van der Waals surface area contributed by atoms with Crippen molar-refractivity contribution in [2.24, 2.45) is 0 Å². The van der Waals surface area contributed by atoms with Gasteiger partial charge in [0.2, 0.25) is 0 Å². The van der Waals surface area contributed by atoms with E-state index in [4.69, 9.17) is 0 Å². The molecule has 2 aromatic rings. The first-order valence-corrected chi connectivity index (χ1v) is 11.1. The topological polar surface area (TPSA) is 34.1 Å². The van der Waals surface area contributed by atoms with Crippen LogP contribution in [0.5, 0.6) is 0 Å². The number of benzene rings is 2. The van der Waals surface area contributed by atoms with E-state index in [0.29, 0.717) is 11.1 Å². The van der Waals surface area contributed by atoms with Gasteiger partial charge in [0, 0.05) is 0 Å². The van der Waals surface area contributed by atoms with Crippen LogP contribution in [0.25, 0.3) is 0 Å². The highest BCUT2D eigenvalue weighted by molar-refractivity contribution is 8.06. The highest BCUT2D eigenvalue weighted by atomic mass is 31.2. The van der Waals surface area contributed by atoms with Crippen LogP contribution in [-0.4, -0.2) is 17.7 Å². The molecule has 0 aliphatic rings. The summed E-state index contributed by atoms with van der Waals surface area (Å²) in [6, 6.07) is 8.00. The molecule has 0 saturated carbocycles. The van der Waals surface area contributed by atoms with Crippen LogP contribution in [-0.2, 0) is 0 Å². The van der Waals surface area contributed by atoms with Crippen molar-refractivity contribution in [1.82, 2.24) is 0 Å². The van der Waals surface area contributed by atoms with E-state index in [0.717, 1.165) is 33.4 Å². The second-order valence-corrected chi connectivity index (χ2v) is 10.7. The molecule has 2 aromatic carbocycles. The van der Waals surface area contributed by atoms with E-state index in [1.807, 2.05) is 65.8 Å². The van der Waals surface area contributed by atoms with Crippen molar-refractivity contribution in [2.45, 2.75) is 41.5 Å². The molecule has 136 valence electrons. The first kappa shape index (κ1) is 20.3. The van der Waals surface area contributed by atoms with Gasteiger partial charge in [-0.1, -0.05) is 42.0 Å². The maximum Gasteiger partial charge on any atom is 0.311 e. The first-order valence-electron chi connectivity index (χ1n) is 8.78. The van der Waals surface area contributed by atoms with Gasteiger partial charge in [-0.2, -0.15) is 0 Å². The first-order chi connectivity index (χ1) is 12.0. The van der Waals surface area contributed by atoms with Crippen molar-refractivity contribution < 1.29 is 9.59 Å². The van der Waals surface area contributed by atoms with Crippen molar-refractivity contribution >= 4 is 18.3 Å². The summed E-state index contributed by atoms with van der Waals surface area (Å²) >= 11 is 0.